The first-order chi connectivity index (χ1) is 9.13. The van der Waals surface area contributed by atoms with Gasteiger partial charge >= 0.3 is 0 Å². The molecule has 0 amide bonds. The van der Waals surface area contributed by atoms with Crippen molar-refractivity contribution in [3.63, 3.8) is 0 Å². The van der Waals surface area contributed by atoms with Crippen LogP contribution in [0, 0.1) is 5.82 Å². The Morgan fingerprint density at radius 1 is 1.47 bits per heavy atom. The van der Waals surface area contributed by atoms with Crippen molar-refractivity contribution < 1.29 is 14.0 Å². The van der Waals surface area contributed by atoms with Crippen molar-refractivity contribution in [2.24, 2.45) is 0 Å². The zero-order valence-electron chi connectivity index (χ0n) is 9.81. The van der Waals surface area contributed by atoms with E-state index in [0.29, 0.717) is 30.2 Å². The zero-order valence-corrected chi connectivity index (χ0v) is 10.6. The number of aliphatic hydroxyl groups excluding tert-OH is 1. The average Bonchev–Trinajstić information content (AvgIpc) is 3.01. The first-order valence-electron chi connectivity index (χ1n) is 5.84. The molecule has 1 saturated heterocycles. The SMILES string of the molecule is O[C@@H]1CN[C@@H](c2nc(-c3ccc(F)c(Cl)c3)no2)C1. The van der Waals surface area contributed by atoms with Crippen molar-refractivity contribution in [1.82, 2.24) is 15.5 Å². The van der Waals surface area contributed by atoms with Crippen LogP contribution in [-0.4, -0.2) is 27.9 Å². The lowest BCUT2D eigenvalue weighted by Gasteiger charge is -2.01. The van der Waals surface area contributed by atoms with E-state index in [1.807, 2.05) is 0 Å². The Morgan fingerprint density at radius 2 is 2.32 bits per heavy atom. The van der Waals surface area contributed by atoms with Crippen molar-refractivity contribution in [3.05, 3.63) is 34.9 Å². The van der Waals surface area contributed by atoms with Gasteiger partial charge in [-0.3, -0.25) is 0 Å². The van der Waals surface area contributed by atoms with E-state index < -0.39 is 11.9 Å². The topological polar surface area (TPSA) is 71.2 Å². The second kappa shape index (κ2) is 4.88. The zero-order chi connectivity index (χ0) is 13.4. The predicted molar refractivity (Wildman–Crippen MR) is 66.1 cm³/mol. The second-order valence-electron chi connectivity index (χ2n) is 4.44. The van der Waals surface area contributed by atoms with Gasteiger partial charge in [0.15, 0.2) is 0 Å². The summed E-state index contributed by atoms with van der Waals surface area (Å²) >= 11 is 5.71. The summed E-state index contributed by atoms with van der Waals surface area (Å²) in [5.74, 6) is 0.266. The highest BCUT2D eigenvalue weighted by Crippen LogP contribution is 2.26. The molecule has 2 atom stereocenters. The molecular weight excluding hydrogens is 273 g/mol. The quantitative estimate of drug-likeness (QED) is 0.881. The molecule has 7 heteroatoms. The van der Waals surface area contributed by atoms with Crippen LogP contribution in [0.1, 0.15) is 18.4 Å². The van der Waals surface area contributed by atoms with Crippen molar-refractivity contribution >= 4 is 11.6 Å². The Kier molecular flexibility index (Phi) is 3.22. The Balaban J connectivity index is 1.86. The Bertz CT molecular complexity index is 604. The lowest BCUT2D eigenvalue weighted by Crippen LogP contribution is -2.15. The molecule has 0 saturated carbocycles. The van der Waals surface area contributed by atoms with Crippen LogP contribution in [-0.2, 0) is 0 Å². The second-order valence-corrected chi connectivity index (χ2v) is 4.84. The number of hydrogen-bond acceptors (Lipinski definition) is 5. The highest BCUT2D eigenvalue weighted by molar-refractivity contribution is 6.31. The number of nitrogens with one attached hydrogen (secondary N) is 1. The summed E-state index contributed by atoms with van der Waals surface area (Å²) in [6.45, 7) is 0.505. The monoisotopic (exact) mass is 283 g/mol. The maximum Gasteiger partial charge on any atom is 0.244 e. The molecule has 1 aromatic heterocycles. The number of β-amino-alcohol motifs (C(OH)–C–C–N with tert-alkyl or cyclic N) is 1. The maximum absolute atomic E-state index is 13.1. The molecule has 1 aromatic carbocycles. The van der Waals surface area contributed by atoms with Crippen LogP contribution < -0.4 is 5.32 Å². The van der Waals surface area contributed by atoms with Gasteiger partial charge < -0.3 is 14.9 Å². The highest BCUT2D eigenvalue weighted by atomic mass is 35.5. The van der Waals surface area contributed by atoms with Gasteiger partial charge in [0.25, 0.3) is 0 Å². The smallest absolute Gasteiger partial charge is 0.244 e. The van der Waals surface area contributed by atoms with Gasteiger partial charge in [0.05, 0.1) is 17.2 Å². The first kappa shape index (κ1) is 12.5. The molecule has 2 aromatic rings. The first-order valence-corrected chi connectivity index (χ1v) is 6.22. The molecule has 1 aliphatic heterocycles. The summed E-state index contributed by atoms with van der Waals surface area (Å²) < 4.78 is 18.2. The number of rotatable bonds is 2. The standard InChI is InChI=1S/C12H11ClFN3O2/c13-8-3-6(1-2-9(8)14)11-16-12(19-17-11)10-4-7(18)5-15-10/h1-3,7,10,15,18H,4-5H2/t7-,10+/m0/s1. The van der Waals surface area contributed by atoms with E-state index in [2.05, 4.69) is 15.5 Å². The third-order valence-corrected chi connectivity index (χ3v) is 3.31. The average molecular weight is 284 g/mol. The van der Waals surface area contributed by atoms with Crippen molar-refractivity contribution in [3.8, 4) is 11.4 Å². The summed E-state index contributed by atoms with van der Waals surface area (Å²) in [5.41, 5.74) is 0.583. The van der Waals surface area contributed by atoms with Crippen LogP contribution in [0.2, 0.25) is 5.02 Å². The van der Waals surface area contributed by atoms with Crippen molar-refractivity contribution in [1.29, 1.82) is 0 Å². The van der Waals surface area contributed by atoms with Crippen LogP contribution in [0.3, 0.4) is 0 Å². The third-order valence-electron chi connectivity index (χ3n) is 3.03. The summed E-state index contributed by atoms with van der Waals surface area (Å²) in [4.78, 5) is 4.24. The van der Waals surface area contributed by atoms with Gasteiger partial charge in [-0.05, 0) is 24.6 Å². The van der Waals surface area contributed by atoms with E-state index in [1.165, 1.54) is 18.2 Å². The third kappa shape index (κ3) is 2.47. The summed E-state index contributed by atoms with van der Waals surface area (Å²) in [6, 6.07) is 4.09. The van der Waals surface area contributed by atoms with Crippen LogP contribution in [0.4, 0.5) is 4.39 Å². The largest absolute Gasteiger partial charge is 0.392 e. The molecule has 5 nitrogen and oxygen atoms in total. The molecule has 0 unspecified atom stereocenters. The molecular formula is C12H11ClFN3O2. The lowest BCUT2D eigenvalue weighted by atomic mass is 10.2. The molecule has 1 aliphatic rings. The number of nitrogens with zero attached hydrogens (tertiary/aromatic N) is 2. The summed E-state index contributed by atoms with van der Waals surface area (Å²) in [7, 11) is 0. The fraction of sp³-hybridized carbons (Fsp3) is 0.333. The van der Waals surface area contributed by atoms with Gasteiger partial charge in [0, 0.05) is 12.1 Å². The minimum absolute atomic E-state index is 0.0123. The van der Waals surface area contributed by atoms with Gasteiger partial charge in [0.1, 0.15) is 5.82 Å². The summed E-state index contributed by atoms with van der Waals surface area (Å²) in [5, 5.41) is 16.4. The van der Waals surface area contributed by atoms with Crippen molar-refractivity contribution in [2.75, 3.05) is 6.54 Å². The molecule has 0 aliphatic carbocycles. The molecule has 0 bridgehead atoms. The van der Waals surface area contributed by atoms with Gasteiger partial charge in [0.2, 0.25) is 11.7 Å². The van der Waals surface area contributed by atoms with Crippen LogP contribution in [0.5, 0.6) is 0 Å². The highest BCUT2D eigenvalue weighted by Gasteiger charge is 2.28. The maximum atomic E-state index is 13.1. The fourth-order valence-corrected chi connectivity index (χ4v) is 2.21. The lowest BCUT2D eigenvalue weighted by molar-refractivity contribution is 0.191. The van der Waals surface area contributed by atoms with E-state index in [4.69, 9.17) is 16.1 Å². The molecule has 0 spiro atoms. The van der Waals surface area contributed by atoms with Crippen LogP contribution in [0.25, 0.3) is 11.4 Å². The van der Waals surface area contributed by atoms with Gasteiger partial charge in [-0.2, -0.15) is 4.98 Å². The van der Waals surface area contributed by atoms with E-state index in [-0.39, 0.29) is 11.1 Å². The van der Waals surface area contributed by atoms with E-state index in [0.717, 1.165) is 0 Å². The number of aromatic nitrogens is 2. The normalized spacial score (nSPS) is 22.9. The summed E-state index contributed by atoms with van der Waals surface area (Å²) in [6.07, 6.45) is 0.131. The number of benzene rings is 1. The number of hydrogen-bond donors (Lipinski definition) is 2. The Hall–Kier alpha value is -1.50. The van der Waals surface area contributed by atoms with Crippen molar-refractivity contribution in [2.45, 2.75) is 18.6 Å². The van der Waals surface area contributed by atoms with Crippen LogP contribution >= 0.6 is 11.6 Å². The number of aliphatic hydroxyl groups is 1. The fourth-order valence-electron chi connectivity index (χ4n) is 2.03. The molecule has 0 radical (unpaired) electrons. The predicted octanol–water partition coefficient (Wildman–Crippen LogP) is 1.92. The molecule has 100 valence electrons. The van der Waals surface area contributed by atoms with E-state index in [9.17, 15) is 9.50 Å². The van der Waals surface area contributed by atoms with Gasteiger partial charge in [-0.1, -0.05) is 16.8 Å². The molecule has 1 fully saturated rings. The molecule has 3 rings (SSSR count). The van der Waals surface area contributed by atoms with Crippen LogP contribution in [0.15, 0.2) is 22.7 Å². The molecule has 2 N–H and O–H groups in total. The number of halogens is 2. The van der Waals surface area contributed by atoms with Gasteiger partial charge in [-0.25, -0.2) is 4.39 Å². The van der Waals surface area contributed by atoms with Gasteiger partial charge in [-0.15, -0.1) is 0 Å². The Labute approximate surface area is 113 Å². The minimum atomic E-state index is -0.491. The molecule has 19 heavy (non-hydrogen) atoms. The van der Waals surface area contributed by atoms with E-state index in [1.54, 1.807) is 0 Å². The van der Waals surface area contributed by atoms with E-state index >= 15 is 0 Å². The minimum Gasteiger partial charge on any atom is -0.392 e. The Morgan fingerprint density at radius 3 is 3.00 bits per heavy atom. The molecule has 2 heterocycles.